The first-order valence-electron chi connectivity index (χ1n) is 5.47. The number of aromatic nitrogens is 1. The van der Waals surface area contributed by atoms with Gasteiger partial charge < -0.3 is 15.8 Å². The van der Waals surface area contributed by atoms with Gasteiger partial charge >= 0.3 is 0 Å². The molecule has 0 bridgehead atoms. The Morgan fingerprint density at radius 3 is 2.89 bits per heavy atom. The number of carbonyl (C=O) groups is 1. The fraction of sp³-hybridized carbons (Fsp3) is 0.0769. The molecular formula is C13H12ClN3O2. The van der Waals surface area contributed by atoms with Crippen molar-refractivity contribution < 1.29 is 9.53 Å². The SMILES string of the molecule is COc1ccccc1NC(=O)c1cc(Cl)ncc1N. The Bertz CT molecular complexity index is 617. The van der Waals surface area contributed by atoms with Crippen LogP contribution in [0.25, 0.3) is 0 Å². The van der Waals surface area contributed by atoms with Gasteiger partial charge in [0.15, 0.2) is 0 Å². The number of nitrogen functional groups attached to an aromatic ring is 1. The summed E-state index contributed by atoms with van der Waals surface area (Å²) in [6.07, 6.45) is 1.35. The molecule has 98 valence electrons. The number of benzene rings is 1. The van der Waals surface area contributed by atoms with E-state index < -0.39 is 0 Å². The zero-order valence-electron chi connectivity index (χ0n) is 10.2. The number of pyridine rings is 1. The third-order valence-corrected chi connectivity index (χ3v) is 2.71. The summed E-state index contributed by atoms with van der Waals surface area (Å²) in [6, 6.07) is 8.50. The van der Waals surface area contributed by atoms with Gasteiger partial charge in [-0.3, -0.25) is 4.79 Å². The van der Waals surface area contributed by atoms with E-state index in [1.165, 1.54) is 19.4 Å². The highest BCUT2D eigenvalue weighted by molar-refractivity contribution is 6.30. The van der Waals surface area contributed by atoms with Crippen LogP contribution in [0.3, 0.4) is 0 Å². The van der Waals surface area contributed by atoms with E-state index in [2.05, 4.69) is 10.3 Å². The van der Waals surface area contributed by atoms with Crippen LogP contribution in [0.5, 0.6) is 5.75 Å². The topological polar surface area (TPSA) is 77.2 Å². The first-order chi connectivity index (χ1) is 9.11. The number of carbonyl (C=O) groups excluding carboxylic acids is 1. The summed E-state index contributed by atoms with van der Waals surface area (Å²) in [5.74, 6) is 0.195. The molecule has 1 aromatic heterocycles. The molecule has 0 saturated heterocycles. The summed E-state index contributed by atoms with van der Waals surface area (Å²) in [4.78, 5) is 15.9. The van der Waals surface area contributed by atoms with Gasteiger partial charge in [-0.1, -0.05) is 23.7 Å². The second-order valence-electron chi connectivity index (χ2n) is 3.75. The lowest BCUT2D eigenvalue weighted by Gasteiger charge is -2.10. The molecule has 3 N–H and O–H groups in total. The smallest absolute Gasteiger partial charge is 0.258 e. The molecule has 0 atom stereocenters. The van der Waals surface area contributed by atoms with Gasteiger partial charge in [-0.25, -0.2) is 4.98 Å². The zero-order chi connectivity index (χ0) is 13.8. The Morgan fingerprint density at radius 1 is 1.42 bits per heavy atom. The summed E-state index contributed by atoms with van der Waals surface area (Å²) >= 11 is 5.75. The zero-order valence-corrected chi connectivity index (χ0v) is 10.9. The van der Waals surface area contributed by atoms with Crippen LogP contribution in [0.2, 0.25) is 5.15 Å². The van der Waals surface area contributed by atoms with Crippen molar-refractivity contribution in [2.75, 3.05) is 18.2 Å². The van der Waals surface area contributed by atoms with Gasteiger partial charge in [0.25, 0.3) is 5.91 Å². The number of rotatable bonds is 3. The average molecular weight is 278 g/mol. The molecule has 0 spiro atoms. The van der Waals surface area contributed by atoms with Crippen molar-refractivity contribution >= 4 is 28.9 Å². The van der Waals surface area contributed by atoms with Gasteiger partial charge in [0.2, 0.25) is 0 Å². The number of ether oxygens (including phenoxy) is 1. The van der Waals surface area contributed by atoms with Gasteiger partial charge in [-0.2, -0.15) is 0 Å². The van der Waals surface area contributed by atoms with Crippen LogP contribution in [0.1, 0.15) is 10.4 Å². The van der Waals surface area contributed by atoms with Crippen LogP contribution >= 0.6 is 11.6 Å². The minimum atomic E-state index is -0.369. The van der Waals surface area contributed by atoms with Crippen LogP contribution < -0.4 is 15.8 Å². The van der Waals surface area contributed by atoms with Gasteiger partial charge in [-0.15, -0.1) is 0 Å². The van der Waals surface area contributed by atoms with Crippen LogP contribution in [0.4, 0.5) is 11.4 Å². The molecule has 0 aliphatic carbocycles. The molecule has 0 fully saturated rings. The van der Waals surface area contributed by atoms with E-state index in [9.17, 15) is 4.79 Å². The first kappa shape index (κ1) is 13.2. The van der Waals surface area contributed by atoms with E-state index in [-0.39, 0.29) is 22.3 Å². The van der Waals surface area contributed by atoms with Crippen molar-refractivity contribution in [2.24, 2.45) is 0 Å². The number of hydrogen-bond donors (Lipinski definition) is 2. The summed E-state index contributed by atoms with van der Waals surface area (Å²) < 4.78 is 5.15. The van der Waals surface area contributed by atoms with E-state index in [1.807, 2.05) is 6.07 Å². The molecule has 2 rings (SSSR count). The largest absolute Gasteiger partial charge is 0.495 e. The monoisotopic (exact) mass is 277 g/mol. The molecule has 0 radical (unpaired) electrons. The van der Waals surface area contributed by atoms with E-state index in [4.69, 9.17) is 22.1 Å². The number of halogens is 1. The van der Waals surface area contributed by atoms with E-state index in [1.54, 1.807) is 18.2 Å². The second kappa shape index (κ2) is 5.58. The maximum absolute atomic E-state index is 12.1. The van der Waals surface area contributed by atoms with Crippen LogP contribution in [-0.4, -0.2) is 18.0 Å². The maximum Gasteiger partial charge on any atom is 0.258 e. The number of nitrogens with two attached hydrogens (primary N) is 1. The summed E-state index contributed by atoms with van der Waals surface area (Å²) in [6.45, 7) is 0. The number of amides is 1. The standard InChI is InChI=1S/C13H12ClN3O2/c1-19-11-5-3-2-4-10(11)17-13(18)8-6-12(14)16-7-9(8)15/h2-7H,15H2,1H3,(H,17,18). The lowest BCUT2D eigenvalue weighted by molar-refractivity contribution is 0.102. The summed E-state index contributed by atoms with van der Waals surface area (Å²) in [5, 5.41) is 2.92. The van der Waals surface area contributed by atoms with E-state index in [0.29, 0.717) is 11.4 Å². The van der Waals surface area contributed by atoms with Crippen molar-refractivity contribution in [3.63, 3.8) is 0 Å². The van der Waals surface area contributed by atoms with Gasteiger partial charge in [0.05, 0.1) is 30.2 Å². The quantitative estimate of drug-likeness (QED) is 0.846. The molecule has 1 amide bonds. The fourth-order valence-electron chi connectivity index (χ4n) is 1.57. The molecular weight excluding hydrogens is 266 g/mol. The minimum Gasteiger partial charge on any atom is -0.495 e. The molecule has 0 aliphatic heterocycles. The van der Waals surface area contributed by atoms with Crippen LogP contribution in [-0.2, 0) is 0 Å². The van der Waals surface area contributed by atoms with Crippen LogP contribution in [0, 0.1) is 0 Å². The van der Waals surface area contributed by atoms with Crippen molar-refractivity contribution in [1.29, 1.82) is 0 Å². The number of methoxy groups -OCH3 is 1. The Kier molecular flexibility index (Phi) is 3.87. The number of para-hydroxylation sites is 2. The van der Waals surface area contributed by atoms with Gasteiger partial charge in [0.1, 0.15) is 10.9 Å². The first-order valence-corrected chi connectivity index (χ1v) is 5.85. The van der Waals surface area contributed by atoms with Gasteiger partial charge in [0, 0.05) is 0 Å². The number of nitrogens with zero attached hydrogens (tertiary/aromatic N) is 1. The number of hydrogen-bond acceptors (Lipinski definition) is 4. The highest BCUT2D eigenvalue weighted by atomic mass is 35.5. The van der Waals surface area contributed by atoms with Crippen molar-refractivity contribution in [3.8, 4) is 5.75 Å². The predicted octanol–water partition coefficient (Wildman–Crippen LogP) is 2.58. The molecule has 0 aliphatic rings. The molecule has 1 aromatic carbocycles. The fourth-order valence-corrected chi connectivity index (χ4v) is 1.73. The molecule has 0 saturated carbocycles. The van der Waals surface area contributed by atoms with E-state index >= 15 is 0 Å². The summed E-state index contributed by atoms with van der Waals surface area (Å²) in [5.41, 5.74) is 6.79. The highest BCUT2D eigenvalue weighted by Crippen LogP contribution is 2.24. The van der Waals surface area contributed by atoms with Gasteiger partial charge in [-0.05, 0) is 18.2 Å². The average Bonchev–Trinajstić information content (AvgIpc) is 2.42. The highest BCUT2D eigenvalue weighted by Gasteiger charge is 2.13. The molecule has 0 unspecified atom stereocenters. The lowest BCUT2D eigenvalue weighted by atomic mass is 10.2. The normalized spacial score (nSPS) is 10.0. The Balaban J connectivity index is 2.28. The Labute approximate surface area is 115 Å². The Morgan fingerprint density at radius 2 is 2.16 bits per heavy atom. The van der Waals surface area contributed by atoms with Crippen molar-refractivity contribution in [1.82, 2.24) is 4.98 Å². The Hall–Kier alpha value is -2.27. The lowest BCUT2D eigenvalue weighted by Crippen LogP contribution is -2.15. The molecule has 1 heterocycles. The summed E-state index contributed by atoms with van der Waals surface area (Å²) in [7, 11) is 1.53. The van der Waals surface area contributed by atoms with Crippen molar-refractivity contribution in [2.45, 2.75) is 0 Å². The third-order valence-electron chi connectivity index (χ3n) is 2.50. The molecule has 2 aromatic rings. The third kappa shape index (κ3) is 2.95. The van der Waals surface area contributed by atoms with Crippen LogP contribution in [0.15, 0.2) is 36.5 Å². The number of nitrogens with one attached hydrogen (secondary N) is 1. The van der Waals surface area contributed by atoms with Crippen molar-refractivity contribution in [3.05, 3.63) is 47.2 Å². The predicted molar refractivity (Wildman–Crippen MR) is 74.6 cm³/mol. The molecule has 5 nitrogen and oxygen atoms in total. The number of anilines is 2. The minimum absolute atomic E-state index is 0.208. The molecule has 19 heavy (non-hydrogen) atoms. The maximum atomic E-state index is 12.1. The second-order valence-corrected chi connectivity index (χ2v) is 4.14. The van der Waals surface area contributed by atoms with E-state index in [0.717, 1.165) is 0 Å². The molecule has 6 heteroatoms.